The van der Waals surface area contributed by atoms with Gasteiger partial charge in [0, 0.05) is 39.8 Å². The summed E-state index contributed by atoms with van der Waals surface area (Å²) in [4.78, 5) is 19.4. The van der Waals surface area contributed by atoms with E-state index in [1.807, 2.05) is 19.0 Å². The molecule has 0 amide bonds. The summed E-state index contributed by atoms with van der Waals surface area (Å²) >= 11 is 0. The molecule has 2 rings (SSSR count). The Morgan fingerprint density at radius 3 is 2.58 bits per heavy atom. The van der Waals surface area contributed by atoms with E-state index in [2.05, 4.69) is 44.1 Å². The number of hydrogen-bond donors (Lipinski definition) is 2. The van der Waals surface area contributed by atoms with Gasteiger partial charge in [0.25, 0.3) is 0 Å². The Morgan fingerprint density at radius 2 is 2.00 bits per heavy atom. The van der Waals surface area contributed by atoms with Gasteiger partial charge in [-0.15, -0.1) is 0 Å². The predicted octanol–water partition coefficient (Wildman–Crippen LogP) is -0.636. The average molecular weight is 266 g/mol. The van der Waals surface area contributed by atoms with E-state index in [1.165, 1.54) is 0 Å². The maximum atomic E-state index is 5.43. The highest BCUT2D eigenvalue weighted by atomic mass is 15.4. The number of nitrogens with one attached hydrogen (secondary N) is 1. The standard InChI is InChI=1S/C11H22N8/c1-8-7-18(4)5-6-19(8)11-14-9(16-12)13-10(15-11)17(2)3/h8H,5-7,12H2,1-4H3,(H,13,14,15,16). The monoisotopic (exact) mass is 266 g/mol. The zero-order chi connectivity index (χ0) is 14.0. The smallest absolute Gasteiger partial charge is 0.243 e. The molecule has 8 heteroatoms. The lowest BCUT2D eigenvalue weighted by Crippen LogP contribution is -2.51. The zero-order valence-corrected chi connectivity index (χ0v) is 12.0. The Hall–Kier alpha value is -1.67. The van der Waals surface area contributed by atoms with E-state index in [0.717, 1.165) is 19.6 Å². The number of nitrogens with zero attached hydrogens (tertiary/aromatic N) is 6. The van der Waals surface area contributed by atoms with Gasteiger partial charge in [-0.1, -0.05) is 0 Å². The second kappa shape index (κ2) is 5.54. The fourth-order valence-electron chi connectivity index (χ4n) is 2.18. The molecule has 2 heterocycles. The molecule has 3 N–H and O–H groups in total. The Labute approximate surface area is 113 Å². The van der Waals surface area contributed by atoms with E-state index >= 15 is 0 Å². The minimum atomic E-state index is 0.363. The van der Waals surface area contributed by atoms with Crippen molar-refractivity contribution >= 4 is 17.8 Å². The fourth-order valence-corrected chi connectivity index (χ4v) is 2.18. The maximum absolute atomic E-state index is 5.43. The second-order valence-corrected chi connectivity index (χ2v) is 5.10. The van der Waals surface area contributed by atoms with E-state index < -0.39 is 0 Å². The molecule has 1 unspecified atom stereocenters. The van der Waals surface area contributed by atoms with Gasteiger partial charge in [-0.2, -0.15) is 15.0 Å². The van der Waals surface area contributed by atoms with Crippen LogP contribution in [-0.2, 0) is 0 Å². The minimum Gasteiger partial charge on any atom is -0.347 e. The van der Waals surface area contributed by atoms with Gasteiger partial charge in [0.1, 0.15) is 0 Å². The molecule has 1 aromatic rings. The highest BCUT2D eigenvalue weighted by molar-refractivity contribution is 5.45. The summed E-state index contributed by atoms with van der Waals surface area (Å²) in [6.45, 7) is 5.07. The number of likely N-dealkylation sites (N-methyl/N-ethyl adjacent to an activating group) is 1. The van der Waals surface area contributed by atoms with Crippen molar-refractivity contribution in [1.82, 2.24) is 19.9 Å². The van der Waals surface area contributed by atoms with Crippen molar-refractivity contribution in [2.75, 3.05) is 56.0 Å². The van der Waals surface area contributed by atoms with Crippen LogP contribution in [-0.4, -0.2) is 66.7 Å². The van der Waals surface area contributed by atoms with Gasteiger partial charge in [0.15, 0.2) is 0 Å². The molecule has 1 aliphatic rings. The average Bonchev–Trinajstić information content (AvgIpc) is 2.38. The summed E-state index contributed by atoms with van der Waals surface area (Å²) in [5, 5.41) is 0. The lowest BCUT2D eigenvalue weighted by Gasteiger charge is -2.38. The number of hydrogen-bond acceptors (Lipinski definition) is 8. The van der Waals surface area contributed by atoms with Gasteiger partial charge in [0.05, 0.1) is 0 Å². The van der Waals surface area contributed by atoms with Crippen LogP contribution >= 0.6 is 0 Å². The van der Waals surface area contributed by atoms with E-state index in [9.17, 15) is 0 Å². The molecule has 0 aromatic carbocycles. The van der Waals surface area contributed by atoms with Crippen LogP contribution < -0.4 is 21.1 Å². The Bertz CT molecular complexity index is 435. The second-order valence-electron chi connectivity index (χ2n) is 5.10. The van der Waals surface area contributed by atoms with Crippen molar-refractivity contribution in [3.05, 3.63) is 0 Å². The number of hydrazine groups is 1. The molecule has 0 spiro atoms. The van der Waals surface area contributed by atoms with Gasteiger partial charge in [-0.3, -0.25) is 5.43 Å². The maximum Gasteiger partial charge on any atom is 0.243 e. The SMILES string of the molecule is CC1CN(C)CCN1c1nc(NN)nc(N(C)C)n1. The topological polar surface area (TPSA) is 86.4 Å². The van der Waals surface area contributed by atoms with Crippen molar-refractivity contribution in [2.24, 2.45) is 5.84 Å². The largest absolute Gasteiger partial charge is 0.347 e. The van der Waals surface area contributed by atoms with Crippen LogP contribution in [0.1, 0.15) is 6.92 Å². The first-order valence-corrected chi connectivity index (χ1v) is 6.36. The summed E-state index contributed by atoms with van der Waals surface area (Å²) in [6.07, 6.45) is 0. The lowest BCUT2D eigenvalue weighted by molar-refractivity contribution is 0.273. The number of nitrogens with two attached hydrogens (primary N) is 1. The van der Waals surface area contributed by atoms with Crippen molar-refractivity contribution in [2.45, 2.75) is 13.0 Å². The van der Waals surface area contributed by atoms with Gasteiger partial charge >= 0.3 is 0 Å². The Balaban J connectivity index is 2.30. The molecule has 1 saturated heterocycles. The van der Waals surface area contributed by atoms with Crippen molar-refractivity contribution in [3.63, 3.8) is 0 Å². The van der Waals surface area contributed by atoms with Crippen molar-refractivity contribution in [1.29, 1.82) is 0 Å². The molecule has 1 atom stereocenters. The predicted molar refractivity (Wildman–Crippen MR) is 76.3 cm³/mol. The third kappa shape index (κ3) is 3.02. The van der Waals surface area contributed by atoms with Crippen LogP contribution in [0, 0.1) is 0 Å². The zero-order valence-electron chi connectivity index (χ0n) is 12.0. The molecular weight excluding hydrogens is 244 g/mol. The van der Waals surface area contributed by atoms with Crippen molar-refractivity contribution in [3.8, 4) is 0 Å². The third-order valence-electron chi connectivity index (χ3n) is 3.23. The highest BCUT2D eigenvalue weighted by Crippen LogP contribution is 2.19. The number of piperazine rings is 1. The molecule has 0 bridgehead atoms. The number of anilines is 3. The third-order valence-corrected chi connectivity index (χ3v) is 3.23. The van der Waals surface area contributed by atoms with Gasteiger partial charge in [-0.05, 0) is 14.0 Å². The van der Waals surface area contributed by atoms with Crippen LogP contribution in [0.15, 0.2) is 0 Å². The molecule has 1 fully saturated rings. The molecule has 106 valence electrons. The molecule has 0 saturated carbocycles. The molecule has 19 heavy (non-hydrogen) atoms. The first-order valence-electron chi connectivity index (χ1n) is 6.36. The molecular formula is C11H22N8. The number of aromatic nitrogens is 3. The first-order chi connectivity index (χ1) is 9.01. The molecule has 0 radical (unpaired) electrons. The normalized spacial score (nSPS) is 20.5. The first kappa shape index (κ1) is 13.8. The van der Waals surface area contributed by atoms with E-state index in [4.69, 9.17) is 5.84 Å². The summed E-state index contributed by atoms with van der Waals surface area (Å²) in [5.41, 5.74) is 2.50. The lowest BCUT2D eigenvalue weighted by atomic mass is 10.2. The summed E-state index contributed by atoms with van der Waals surface area (Å²) in [5.74, 6) is 7.09. The Kier molecular flexibility index (Phi) is 4.01. The van der Waals surface area contributed by atoms with Crippen LogP contribution in [0.3, 0.4) is 0 Å². The molecule has 0 aliphatic carbocycles. The van der Waals surface area contributed by atoms with Crippen LogP contribution in [0.4, 0.5) is 17.8 Å². The summed E-state index contributed by atoms with van der Waals surface area (Å²) in [6, 6.07) is 0.363. The van der Waals surface area contributed by atoms with E-state index in [1.54, 1.807) is 0 Å². The quantitative estimate of drug-likeness (QED) is 0.552. The highest BCUT2D eigenvalue weighted by Gasteiger charge is 2.24. The summed E-state index contributed by atoms with van der Waals surface area (Å²) in [7, 11) is 5.92. The van der Waals surface area contributed by atoms with Gasteiger partial charge in [-0.25, -0.2) is 5.84 Å². The van der Waals surface area contributed by atoms with Crippen LogP contribution in [0.2, 0.25) is 0 Å². The van der Waals surface area contributed by atoms with Gasteiger partial charge in [0.2, 0.25) is 17.8 Å². The van der Waals surface area contributed by atoms with Crippen LogP contribution in [0.25, 0.3) is 0 Å². The molecule has 1 aromatic heterocycles. The van der Waals surface area contributed by atoms with Gasteiger partial charge < -0.3 is 14.7 Å². The minimum absolute atomic E-state index is 0.363. The molecule has 1 aliphatic heterocycles. The fraction of sp³-hybridized carbons (Fsp3) is 0.727. The molecule has 8 nitrogen and oxygen atoms in total. The van der Waals surface area contributed by atoms with Crippen LogP contribution in [0.5, 0.6) is 0 Å². The number of rotatable bonds is 3. The van der Waals surface area contributed by atoms with E-state index in [-0.39, 0.29) is 0 Å². The number of nitrogen functional groups attached to an aromatic ring is 1. The van der Waals surface area contributed by atoms with Crippen molar-refractivity contribution < 1.29 is 0 Å². The van der Waals surface area contributed by atoms with E-state index in [0.29, 0.717) is 23.9 Å². The Morgan fingerprint density at radius 1 is 1.26 bits per heavy atom. The summed E-state index contributed by atoms with van der Waals surface area (Å²) < 4.78 is 0.